The molecule has 0 aliphatic carbocycles. The molecule has 1 rings (SSSR count). The second-order valence-electron chi connectivity index (χ2n) is 6.37. The number of benzene rings is 1. The van der Waals surface area contributed by atoms with E-state index < -0.39 is 0 Å². The third-order valence-corrected chi connectivity index (χ3v) is 4.31. The van der Waals surface area contributed by atoms with Crippen molar-refractivity contribution < 1.29 is 5.11 Å². The van der Waals surface area contributed by atoms with Crippen molar-refractivity contribution in [2.75, 3.05) is 0 Å². The van der Waals surface area contributed by atoms with Gasteiger partial charge in [0, 0.05) is 16.1 Å². The van der Waals surface area contributed by atoms with Crippen molar-refractivity contribution in [3.8, 4) is 5.75 Å². The highest BCUT2D eigenvalue weighted by molar-refractivity contribution is 6.30. The van der Waals surface area contributed by atoms with Crippen LogP contribution in [-0.2, 0) is 10.8 Å². The zero-order chi connectivity index (χ0) is 14.1. The molecule has 0 saturated carbocycles. The lowest BCUT2D eigenvalue weighted by atomic mass is 9.74. The Kier molecular flexibility index (Phi) is 4.38. The Morgan fingerprint density at radius 2 is 1.44 bits per heavy atom. The molecule has 0 atom stereocenters. The van der Waals surface area contributed by atoms with E-state index in [9.17, 15) is 5.11 Å². The summed E-state index contributed by atoms with van der Waals surface area (Å²) in [6.07, 6.45) is 1.97. The topological polar surface area (TPSA) is 20.2 Å². The second kappa shape index (κ2) is 5.13. The van der Waals surface area contributed by atoms with Gasteiger partial charge in [-0.2, -0.15) is 0 Å². The first-order chi connectivity index (χ1) is 8.15. The van der Waals surface area contributed by atoms with Crippen LogP contribution in [0, 0.1) is 0 Å². The molecule has 2 heteroatoms. The molecular formula is C16H25ClO. The summed E-state index contributed by atoms with van der Waals surface area (Å²) < 4.78 is 0. The Labute approximate surface area is 116 Å². The summed E-state index contributed by atoms with van der Waals surface area (Å²) in [5.74, 6) is 0.415. The fourth-order valence-electron chi connectivity index (χ4n) is 2.26. The van der Waals surface area contributed by atoms with Crippen molar-refractivity contribution in [3.63, 3.8) is 0 Å². The standard InChI is InChI=1S/C16H25ClO/c1-7-16(6,8-2)13-10-11(17)9-12(14(13)18)15(3,4)5/h9-10,18H,7-8H2,1-6H3. The van der Waals surface area contributed by atoms with E-state index in [4.69, 9.17) is 11.6 Å². The molecule has 0 heterocycles. The largest absolute Gasteiger partial charge is 0.507 e. The van der Waals surface area contributed by atoms with Gasteiger partial charge in [0.05, 0.1) is 0 Å². The summed E-state index contributed by atoms with van der Waals surface area (Å²) in [6.45, 7) is 12.8. The third-order valence-electron chi connectivity index (χ3n) is 4.09. The molecule has 0 amide bonds. The molecule has 0 aliphatic heterocycles. The fraction of sp³-hybridized carbons (Fsp3) is 0.625. The first-order valence-electron chi connectivity index (χ1n) is 6.69. The molecule has 0 spiro atoms. The monoisotopic (exact) mass is 268 g/mol. The van der Waals surface area contributed by atoms with Gasteiger partial charge in [-0.1, -0.05) is 53.1 Å². The lowest BCUT2D eigenvalue weighted by molar-refractivity contribution is 0.387. The highest BCUT2D eigenvalue weighted by atomic mass is 35.5. The van der Waals surface area contributed by atoms with Gasteiger partial charge in [0.25, 0.3) is 0 Å². The molecule has 0 aromatic heterocycles. The lowest BCUT2D eigenvalue weighted by Gasteiger charge is -2.31. The van der Waals surface area contributed by atoms with Crippen molar-refractivity contribution in [3.05, 3.63) is 28.3 Å². The number of hydrogen-bond acceptors (Lipinski definition) is 1. The van der Waals surface area contributed by atoms with Gasteiger partial charge in [-0.25, -0.2) is 0 Å². The van der Waals surface area contributed by atoms with Crippen molar-refractivity contribution in [1.82, 2.24) is 0 Å². The van der Waals surface area contributed by atoms with E-state index in [1.807, 2.05) is 12.1 Å². The number of rotatable bonds is 3. The van der Waals surface area contributed by atoms with Crippen LogP contribution >= 0.6 is 11.6 Å². The number of halogens is 1. The van der Waals surface area contributed by atoms with Crippen LogP contribution in [0.3, 0.4) is 0 Å². The highest BCUT2D eigenvalue weighted by Gasteiger charge is 2.30. The minimum atomic E-state index is -0.105. The van der Waals surface area contributed by atoms with E-state index >= 15 is 0 Å². The van der Waals surface area contributed by atoms with Crippen LogP contribution in [0.2, 0.25) is 5.02 Å². The van der Waals surface area contributed by atoms with Crippen molar-refractivity contribution >= 4 is 11.6 Å². The van der Waals surface area contributed by atoms with Crippen LogP contribution in [0.4, 0.5) is 0 Å². The Morgan fingerprint density at radius 3 is 1.83 bits per heavy atom. The van der Waals surface area contributed by atoms with Gasteiger partial charge in [0.15, 0.2) is 0 Å². The number of phenols is 1. The molecule has 0 fully saturated rings. The van der Waals surface area contributed by atoms with Gasteiger partial charge >= 0.3 is 0 Å². The third kappa shape index (κ3) is 2.83. The van der Waals surface area contributed by atoms with Crippen LogP contribution in [-0.4, -0.2) is 5.11 Å². The molecular weight excluding hydrogens is 244 g/mol. The summed E-state index contributed by atoms with van der Waals surface area (Å²) in [5.41, 5.74) is 1.78. The fourth-order valence-corrected chi connectivity index (χ4v) is 2.48. The maximum absolute atomic E-state index is 10.6. The van der Waals surface area contributed by atoms with Crippen molar-refractivity contribution in [1.29, 1.82) is 0 Å². The average molecular weight is 269 g/mol. The van der Waals surface area contributed by atoms with Crippen LogP contribution in [0.5, 0.6) is 5.75 Å². The van der Waals surface area contributed by atoms with E-state index in [0.29, 0.717) is 10.8 Å². The number of hydrogen-bond donors (Lipinski definition) is 1. The van der Waals surface area contributed by atoms with E-state index in [1.165, 1.54) is 0 Å². The molecule has 0 saturated heterocycles. The maximum atomic E-state index is 10.6. The number of phenolic OH excluding ortho intramolecular Hbond substituents is 1. The average Bonchev–Trinajstić information content (AvgIpc) is 2.29. The summed E-state index contributed by atoms with van der Waals surface area (Å²) in [6, 6.07) is 3.80. The Bertz CT molecular complexity index is 425. The zero-order valence-electron chi connectivity index (χ0n) is 12.4. The minimum absolute atomic E-state index is 0.0189. The van der Waals surface area contributed by atoms with Gasteiger partial charge in [-0.15, -0.1) is 0 Å². The van der Waals surface area contributed by atoms with E-state index in [-0.39, 0.29) is 10.8 Å². The van der Waals surface area contributed by atoms with E-state index in [0.717, 1.165) is 24.0 Å². The molecule has 0 bridgehead atoms. The molecule has 1 aromatic rings. The summed E-state index contributed by atoms with van der Waals surface area (Å²) in [5, 5.41) is 11.3. The predicted octanol–water partition coefficient (Wildman–Crippen LogP) is 5.42. The van der Waals surface area contributed by atoms with Gasteiger partial charge in [-0.05, 0) is 35.8 Å². The minimum Gasteiger partial charge on any atom is -0.507 e. The van der Waals surface area contributed by atoms with E-state index in [2.05, 4.69) is 41.5 Å². The SMILES string of the molecule is CCC(C)(CC)c1cc(Cl)cc(C(C)(C)C)c1O. The lowest BCUT2D eigenvalue weighted by Crippen LogP contribution is -2.22. The zero-order valence-corrected chi connectivity index (χ0v) is 13.2. The van der Waals surface area contributed by atoms with Gasteiger partial charge in [-0.3, -0.25) is 0 Å². The molecule has 0 aliphatic rings. The summed E-state index contributed by atoms with van der Waals surface area (Å²) in [4.78, 5) is 0. The van der Waals surface area contributed by atoms with Gasteiger partial charge < -0.3 is 5.11 Å². The van der Waals surface area contributed by atoms with Gasteiger partial charge in [0.2, 0.25) is 0 Å². The Hall–Kier alpha value is -0.690. The summed E-state index contributed by atoms with van der Waals surface area (Å²) >= 11 is 6.24. The molecule has 0 radical (unpaired) electrons. The number of aromatic hydroxyl groups is 1. The summed E-state index contributed by atoms with van der Waals surface area (Å²) in [7, 11) is 0. The second-order valence-corrected chi connectivity index (χ2v) is 6.80. The van der Waals surface area contributed by atoms with Crippen molar-refractivity contribution in [2.45, 2.75) is 65.2 Å². The van der Waals surface area contributed by atoms with Gasteiger partial charge in [0.1, 0.15) is 5.75 Å². The molecule has 1 aromatic carbocycles. The molecule has 18 heavy (non-hydrogen) atoms. The molecule has 102 valence electrons. The normalized spacial score (nSPS) is 12.8. The molecule has 1 nitrogen and oxygen atoms in total. The van der Waals surface area contributed by atoms with Crippen LogP contribution < -0.4 is 0 Å². The smallest absolute Gasteiger partial charge is 0.123 e. The first-order valence-corrected chi connectivity index (χ1v) is 7.07. The Balaban J connectivity index is 3.52. The van der Waals surface area contributed by atoms with Crippen LogP contribution in [0.15, 0.2) is 12.1 Å². The highest BCUT2D eigenvalue weighted by Crippen LogP contribution is 2.43. The molecule has 0 unspecified atom stereocenters. The predicted molar refractivity (Wildman–Crippen MR) is 79.8 cm³/mol. The quantitative estimate of drug-likeness (QED) is 0.776. The Morgan fingerprint density at radius 1 is 1.00 bits per heavy atom. The first kappa shape index (κ1) is 15.4. The maximum Gasteiger partial charge on any atom is 0.123 e. The van der Waals surface area contributed by atoms with E-state index in [1.54, 1.807) is 0 Å². The van der Waals surface area contributed by atoms with Crippen LogP contribution in [0.1, 0.15) is 65.5 Å². The molecule has 1 N–H and O–H groups in total. The van der Waals surface area contributed by atoms with Crippen LogP contribution in [0.25, 0.3) is 0 Å². The van der Waals surface area contributed by atoms with Crippen molar-refractivity contribution in [2.24, 2.45) is 0 Å².